The molecule has 2 aliphatic rings. The van der Waals surface area contributed by atoms with Crippen LogP contribution in [0.3, 0.4) is 0 Å². The summed E-state index contributed by atoms with van der Waals surface area (Å²) in [5, 5.41) is 31.1. The molecule has 3 rings (SSSR count). The summed E-state index contributed by atoms with van der Waals surface area (Å²) in [6.07, 6.45) is -1.30. The number of imide groups is 2. The van der Waals surface area contributed by atoms with Gasteiger partial charge in [-0.3, -0.25) is 14.4 Å². The lowest BCUT2D eigenvalue weighted by Gasteiger charge is -2.50. The van der Waals surface area contributed by atoms with Gasteiger partial charge in [-0.25, -0.2) is 29.0 Å². The van der Waals surface area contributed by atoms with Gasteiger partial charge in [0.1, 0.15) is 24.1 Å². The summed E-state index contributed by atoms with van der Waals surface area (Å²) < 4.78 is 5.09. The molecule has 14 nitrogen and oxygen atoms in total. The number of benzene rings is 1. The quantitative estimate of drug-likeness (QED) is 0.190. The van der Waals surface area contributed by atoms with E-state index in [1.807, 2.05) is 6.07 Å². The number of nitrogens with one attached hydrogen (secondary N) is 1. The third kappa shape index (κ3) is 6.55. The van der Waals surface area contributed by atoms with Gasteiger partial charge in [-0.1, -0.05) is 36.8 Å². The molecule has 1 saturated heterocycles. The molecule has 1 spiro atoms. The van der Waals surface area contributed by atoms with Crippen molar-refractivity contribution in [2.75, 3.05) is 6.54 Å². The van der Waals surface area contributed by atoms with Crippen molar-refractivity contribution in [3.8, 4) is 0 Å². The van der Waals surface area contributed by atoms with Gasteiger partial charge in [-0.05, 0) is 44.1 Å². The summed E-state index contributed by atoms with van der Waals surface area (Å²) in [6, 6.07) is 4.01. The van der Waals surface area contributed by atoms with E-state index in [1.165, 1.54) is 0 Å². The fourth-order valence-electron chi connectivity index (χ4n) is 4.76. The van der Waals surface area contributed by atoms with Gasteiger partial charge in [0.15, 0.2) is 0 Å². The monoisotopic (exact) mass is 561 g/mol. The molecule has 1 heterocycles. The van der Waals surface area contributed by atoms with Crippen molar-refractivity contribution in [2.45, 2.75) is 70.1 Å². The van der Waals surface area contributed by atoms with Crippen LogP contribution in [0.4, 0.5) is 9.59 Å². The van der Waals surface area contributed by atoms with Gasteiger partial charge in [0, 0.05) is 13.0 Å². The number of alkyl carbamates (subject to hydrolysis) is 1. The second-order valence-corrected chi connectivity index (χ2v) is 9.69. The minimum atomic E-state index is -1.88. The smallest absolute Gasteiger partial charge is 0.407 e. The molecule has 2 fully saturated rings. The number of amides is 5. The van der Waals surface area contributed by atoms with Crippen LogP contribution in [0.1, 0.15) is 56.9 Å². The van der Waals surface area contributed by atoms with E-state index >= 15 is 0 Å². The lowest BCUT2D eigenvalue weighted by Crippen LogP contribution is -2.72. The Balaban J connectivity index is 1.66. The molecule has 0 radical (unpaired) electrons. The molecule has 4 N–H and O–H groups in total. The van der Waals surface area contributed by atoms with Crippen molar-refractivity contribution in [3.05, 3.63) is 35.9 Å². The molecule has 14 heteroatoms. The Morgan fingerprint density at radius 1 is 0.875 bits per heavy atom. The molecule has 0 bridgehead atoms. The van der Waals surface area contributed by atoms with Crippen molar-refractivity contribution in [2.24, 2.45) is 5.41 Å². The van der Waals surface area contributed by atoms with E-state index in [4.69, 9.17) is 9.84 Å². The van der Waals surface area contributed by atoms with E-state index in [9.17, 15) is 43.8 Å². The van der Waals surface area contributed by atoms with Crippen LogP contribution in [0.5, 0.6) is 0 Å². The van der Waals surface area contributed by atoms with Gasteiger partial charge in [-0.2, -0.15) is 0 Å². The summed E-state index contributed by atoms with van der Waals surface area (Å²) in [6.45, 7) is 0.181. The predicted molar refractivity (Wildman–Crippen MR) is 134 cm³/mol. The Hall–Kier alpha value is -4.49. The van der Waals surface area contributed by atoms with Crippen molar-refractivity contribution < 1.29 is 53.6 Å². The fraction of sp³-hybridized carbons (Fsp3) is 0.500. The number of carboxylic acid groups (broad SMARTS) is 3. The molecule has 1 unspecified atom stereocenters. The van der Waals surface area contributed by atoms with E-state index in [1.54, 1.807) is 24.3 Å². The van der Waals surface area contributed by atoms with Gasteiger partial charge in [0.25, 0.3) is 0 Å². The van der Waals surface area contributed by atoms with Crippen molar-refractivity contribution >= 4 is 41.8 Å². The van der Waals surface area contributed by atoms with Crippen molar-refractivity contribution in [1.29, 1.82) is 0 Å². The molecule has 40 heavy (non-hydrogen) atoms. The van der Waals surface area contributed by atoms with E-state index in [-0.39, 0.29) is 45.3 Å². The highest BCUT2D eigenvalue weighted by Crippen LogP contribution is 2.48. The largest absolute Gasteiger partial charge is 0.481 e. The van der Waals surface area contributed by atoms with E-state index < -0.39 is 72.2 Å². The van der Waals surface area contributed by atoms with Gasteiger partial charge >= 0.3 is 30.0 Å². The zero-order chi connectivity index (χ0) is 29.4. The molecule has 2 atom stereocenters. The number of ether oxygens (including phenoxy) is 1. The average molecular weight is 562 g/mol. The summed E-state index contributed by atoms with van der Waals surface area (Å²) in [5.74, 6) is -6.58. The summed E-state index contributed by atoms with van der Waals surface area (Å²) in [4.78, 5) is 87.7. The third-order valence-corrected chi connectivity index (χ3v) is 7.09. The topological polar surface area (TPSA) is 208 Å². The van der Waals surface area contributed by atoms with Crippen LogP contribution in [0.25, 0.3) is 0 Å². The lowest BCUT2D eigenvalue weighted by molar-refractivity contribution is -0.175. The van der Waals surface area contributed by atoms with Crippen LogP contribution in [-0.2, 0) is 35.3 Å². The highest BCUT2D eigenvalue weighted by molar-refractivity contribution is 6.21. The number of unbranched alkanes of at least 4 members (excludes halogenated alkanes) is 1. The maximum absolute atomic E-state index is 13.3. The number of carbonyl (C=O) groups is 7. The number of barbiturate groups is 1. The summed E-state index contributed by atoms with van der Waals surface area (Å²) in [5.41, 5.74) is -0.967. The molecule has 1 aliphatic heterocycles. The van der Waals surface area contributed by atoms with Crippen LogP contribution >= 0.6 is 0 Å². The van der Waals surface area contributed by atoms with Crippen LogP contribution in [0, 0.1) is 5.41 Å². The number of aliphatic carboxylic acids is 3. The van der Waals surface area contributed by atoms with Gasteiger partial charge in [-0.15, -0.1) is 0 Å². The van der Waals surface area contributed by atoms with Gasteiger partial charge in [0.2, 0.25) is 11.8 Å². The first-order valence-corrected chi connectivity index (χ1v) is 12.8. The van der Waals surface area contributed by atoms with E-state index in [0.29, 0.717) is 16.2 Å². The number of nitrogens with zero attached hydrogens (tertiary/aromatic N) is 2. The van der Waals surface area contributed by atoms with Crippen molar-refractivity contribution in [3.63, 3.8) is 0 Å². The first-order chi connectivity index (χ1) is 19.0. The first-order valence-electron chi connectivity index (χ1n) is 12.8. The van der Waals surface area contributed by atoms with Gasteiger partial charge in [0.05, 0.1) is 0 Å². The van der Waals surface area contributed by atoms with Crippen LogP contribution < -0.4 is 5.32 Å². The van der Waals surface area contributed by atoms with Crippen molar-refractivity contribution in [1.82, 2.24) is 15.1 Å². The highest BCUT2D eigenvalue weighted by Gasteiger charge is 2.63. The minimum absolute atomic E-state index is 0.0115. The Kier molecular flexibility index (Phi) is 9.80. The normalized spacial score (nSPS) is 17.6. The molecule has 216 valence electrons. The maximum atomic E-state index is 13.3. The molecule has 1 aromatic carbocycles. The third-order valence-electron chi connectivity index (χ3n) is 7.09. The fourth-order valence-corrected chi connectivity index (χ4v) is 4.76. The molecule has 5 amide bonds. The van der Waals surface area contributed by atoms with Crippen LogP contribution in [0.2, 0.25) is 0 Å². The molecular weight excluding hydrogens is 530 g/mol. The predicted octanol–water partition coefficient (Wildman–Crippen LogP) is 1.82. The van der Waals surface area contributed by atoms with Gasteiger partial charge < -0.3 is 25.4 Å². The minimum Gasteiger partial charge on any atom is -0.481 e. The van der Waals surface area contributed by atoms with E-state index in [2.05, 4.69) is 5.32 Å². The second kappa shape index (κ2) is 13.0. The second-order valence-electron chi connectivity index (χ2n) is 9.69. The number of hydrogen-bond acceptors (Lipinski definition) is 8. The van der Waals surface area contributed by atoms with E-state index in [0.717, 1.165) is 5.56 Å². The number of carbonyl (C=O) groups excluding carboxylic acids is 4. The Bertz CT molecular complexity index is 1170. The molecule has 1 aromatic rings. The van der Waals surface area contributed by atoms with Crippen LogP contribution in [0.15, 0.2) is 30.3 Å². The lowest BCUT2D eigenvalue weighted by atomic mass is 9.65. The summed E-state index contributed by atoms with van der Waals surface area (Å²) >= 11 is 0. The zero-order valence-electron chi connectivity index (χ0n) is 21.6. The summed E-state index contributed by atoms with van der Waals surface area (Å²) in [7, 11) is 0. The standard InChI is InChI=1S/C26H31N3O11/c30-19(31)11-10-18(21(34)35)29-23(37)26(12-6-13-26)22(36)28(25(29)39)17(20(32)33)9-4-5-14-27-24(38)40-15-16-7-2-1-3-8-16/h1-3,7-8,17-18H,4-6,9-15H2,(H,27,38)(H,30,31)(H,32,33)(H,34,35)/t17-,18?/m0/s1. The zero-order valence-corrected chi connectivity index (χ0v) is 21.6. The Labute approximate surface area is 228 Å². The molecule has 1 aliphatic carbocycles. The number of rotatable bonds is 14. The maximum Gasteiger partial charge on any atom is 0.407 e. The average Bonchev–Trinajstić information content (AvgIpc) is 2.87. The number of carboxylic acids is 3. The molecule has 0 aromatic heterocycles. The Morgan fingerprint density at radius 3 is 1.95 bits per heavy atom. The Morgan fingerprint density at radius 2 is 1.45 bits per heavy atom. The highest BCUT2D eigenvalue weighted by atomic mass is 16.5. The molecular formula is C26H31N3O11. The SMILES string of the molecule is O=C(O)CCC(C(=O)O)N1C(=O)N([C@@H](CCCCNC(=O)OCc2ccccc2)C(=O)O)C(=O)C2(CCC2)C1=O. The first kappa shape index (κ1) is 30.1. The number of urea groups is 1. The number of hydrogen-bond donors (Lipinski definition) is 4. The van der Waals surface area contributed by atoms with Crippen LogP contribution in [-0.4, -0.2) is 85.6 Å². The molecule has 1 saturated carbocycles.